The molecule has 1 saturated carbocycles. The van der Waals surface area contributed by atoms with E-state index in [4.69, 9.17) is 10.5 Å². The van der Waals surface area contributed by atoms with Crippen LogP contribution in [0.2, 0.25) is 0 Å². The zero-order valence-electron chi connectivity index (χ0n) is 9.99. The molecule has 2 N–H and O–H groups in total. The SMILES string of the molecule is CCOc1ccc(CC(CN)C2CC2)cc1. The van der Waals surface area contributed by atoms with Gasteiger partial charge in [-0.05, 0) is 62.3 Å². The Balaban J connectivity index is 1.92. The number of nitrogens with two attached hydrogens (primary N) is 1. The van der Waals surface area contributed by atoms with Crippen LogP contribution in [0, 0.1) is 11.8 Å². The lowest BCUT2D eigenvalue weighted by Crippen LogP contribution is -2.18. The van der Waals surface area contributed by atoms with Crippen molar-refractivity contribution in [2.75, 3.05) is 13.2 Å². The van der Waals surface area contributed by atoms with E-state index in [2.05, 4.69) is 24.3 Å². The second kappa shape index (κ2) is 5.35. The van der Waals surface area contributed by atoms with Crippen LogP contribution in [0.25, 0.3) is 0 Å². The van der Waals surface area contributed by atoms with Gasteiger partial charge < -0.3 is 10.5 Å². The standard InChI is InChI=1S/C14H21NO/c1-2-16-14-7-3-11(4-8-14)9-13(10-15)12-5-6-12/h3-4,7-8,12-13H,2,5-6,9-10,15H2,1H3. The van der Waals surface area contributed by atoms with Crippen LogP contribution in [0.5, 0.6) is 5.75 Å². The summed E-state index contributed by atoms with van der Waals surface area (Å²) in [4.78, 5) is 0. The van der Waals surface area contributed by atoms with E-state index >= 15 is 0 Å². The van der Waals surface area contributed by atoms with Crippen LogP contribution in [0.15, 0.2) is 24.3 Å². The second-order valence-electron chi connectivity index (χ2n) is 4.61. The third-order valence-corrected chi connectivity index (χ3v) is 3.32. The fourth-order valence-electron chi connectivity index (χ4n) is 2.20. The van der Waals surface area contributed by atoms with E-state index in [0.29, 0.717) is 5.92 Å². The Morgan fingerprint density at radius 2 is 2.00 bits per heavy atom. The first-order valence-electron chi connectivity index (χ1n) is 6.25. The van der Waals surface area contributed by atoms with Crippen molar-refractivity contribution in [1.29, 1.82) is 0 Å². The molecule has 88 valence electrons. The van der Waals surface area contributed by atoms with Crippen molar-refractivity contribution >= 4 is 0 Å². The average molecular weight is 219 g/mol. The van der Waals surface area contributed by atoms with Gasteiger partial charge in [-0.1, -0.05) is 12.1 Å². The van der Waals surface area contributed by atoms with Crippen molar-refractivity contribution in [2.45, 2.75) is 26.2 Å². The molecule has 0 heterocycles. The molecule has 2 heteroatoms. The number of hydrogen-bond donors (Lipinski definition) is 1. The Morgan fingerprint density at radius 1 is 1.31 bits per heavy atom. The largest absolute Gasteiger partial charge is 0.494 e. The maximum absolute atomic E-state index is 5.81. The Bertz CT molecular complexity index is 316. The van der Waals surface area contributed by atoms with E-state index in [9.17, 15) is 0 Å². The topological polar surface area (TPSA) is 35.2 Å². The molecule has 0 aromatic heterocycles. The lowest BCUT2D eigenvalue weighted by atomic mass is 9.95. The van der Waals surface area contributed by atoms with Gasteiger partial charge in [-0.2, -0.15) is 0 Å². The maximum atomic E-state index is 5.81. The predicted octanol–water partition coefficient (Wildman–Crippen LogP) is 2.61. The molecule has 0 radical (unpaired) electrons. The van der Waals surface area contributed by atoms with Crippen molar-refractivity contribution in [3.63, 3.8) is 0 Å². The summed E-state index contributed by atoms with van der Waals surface area (Å²) in [7, 11) is 0. The van der Waals surface area contributed by atoms with E-state index in [1.807, 2.05) is 6.92 Å². The number of benzene rings is 1. The highest BCUT2D eigenvalue weighted by Crippen LogP contribution is 2.38. The van der Waals surface area contributed by atoms with Crippen LogP contribution < -0.4 is 10.5 Å². The average Bonchev–Trinajstić information content (AvgIpc) is 3.12. The summed E-state index contributed by atoms with van der Waals surface area (Å²) in [6.45, 7) is 3.55. The lowest BCUT2D eigenvalue weighted by Gasteiger charge is -2.13. The molecule has 16 heavy (non-hydrogen) atoms. The monoisotopic (exact) mass is 219 g/mol. The third-order valence-electron chi connectivity index (χ3n) is 3.32. The summed E-state index contributed by atoms with van der Waals surface area (Å²) < 4.78 is 5.43. The number of ether oxygens (including phenoxy) is 1. The Labute approximate surface area is 97.8 Å². The molecule has 1 aliphatic rings. The van der Waals surface area contributed by atoms with Crippen molar-refractivity contribution < 1.29 is 4.74 Å². The van der Waals surface area contributed by atoms with Gasteiger partial charge in [0.15, 0.2) is 0 Å². The van der Waals surface area contributed by atoms with Gasteiger partial charge in [0.25, 0.3) is 0 Å². The Morgan fingerprint density at radius 3 is 2.50 bits per heavy atom. The summed E-state index contributed by atoms with van der Waals surface area (Å²) in [5.74, 6) is 2.52. The molecule has 2 rings (SSSR count). The van der Waals surface area contributed by atoms with E-state index in [1.165, 1.54) is 18.4 Å². The normalized spacial score (nSPS) is 17.1. The molecule has 1 aliphatic carbocycles. The predicted molar refractivity (Wildman–Crippen MR) is 66.6 cm³/mol. The summed E-state index contributed by atoms with van der Waals surface area (Å²) in [6, 6.07) is 8.44. The van der Waals surface area contributed by atoms with Crippen LogP contribution in [0.3, 0.4) is 0 Å². The number of hydrogen-bond acceptors (Lipinski definition) is 2. The molecule has 2 nitrogen and oxygen atoms in total. The zero-order valence-corrected chi connectivity index (χ0v) is 9.99. The molecule has 0 saturated heterocycles. The lowest BCUT2D eigenvalue weighted by molar-refractivity contribution is 0.340. The van der Waals surface area contributed by atoms with Crippen molar-refractivity contribution in [3.05, 3.63) is 29.8 Å². The molecule has 1 atom stereocenters. The minimum Gasteiger partial charge on any atom is -0.494 e. The molecular weight excluding hydrogens is 198 g/mol. The van der Waals surface area contributed by atoms with Gasteiger partial charge in [-0.25, -0.2) is 0 Å². The third kappa shape index (κ3) is 2.99. The van der Waals surface area contributed by atoms with Gasteiger partial charge in [0, 0.05) is 0 Å². The fourth-order valence-corrected chi connectivity index (χ4v) is 2.20. The quantitative estimate of drug-likeness (QED) is 0.798. The highest BCUT2D eigenvalue weighted by molar-refractivity contribution is 5.27. The van der Waals surface area contributed by atoms with Gasteiger partial charge in [0.1, 0.15) is 5.75 Å². The first-order valence-corrected chi connectivity index (χ1v) is 6.25. The van der Waals surface area contributed by atoms with E-state index in [-0.39, 0.29) is 0 Å². The van der Waals surface area contributed by atoms with Crippen LogP contribution >= 0.6 is 0 Å². The van der Waals surface area contributed by atoms with Gasteiger partial charge in [-0.3, -0.25) is 0 Å². The molecule has 0 spiro atoms. The first kappa shape index (κ1) is 11.5. The van der Waals surface area contributed by atoms with Gasteiger partial charge in [0.05, 0.1) is 6.61 Å². The van der Waals surface area contributed by atoms with Crippen LogP contribution in [-0.4, -0.2) is 13.2 Å². The van der Waals surface area contributed by atoms with Crippen molar-refractivity contribution in [3.8, 4) is 5.75 Å². The minimum atomic E-state index is 0.679. The van der Waals surface area contributed by atoms with E-state index in [1.54, 1.807) is 0 Å². The van der Waals surface area contributed by atoms with E-state index in [0.717, 1.165) is 31.2 Å². The summed E-state index contributed by atoms with van der Waals surface area (Å²) in [6.07, 6.45) is 3.87. The molecular formula is C14H21NO. The highest BCUT2D eigenvalue weighted by Gasteiger charge is 2.29. The van der Waals surface area contributed by atoms with Crippen molar-refractivity contribution in [2.24, 2.45) is 17.6 Å². The molecule has 1 aromatic carbocycles. The van der Waals surface area contributed by atoms with Crippen molar-refractivity contribution in [1.82, 2.24) is 0 Å². The maximum Gasteiger partial charge on any atom is 0.119 e. The Hall–Kier alpha value is -1.02. The summed E-state index contributed by atoms with van der Waals surface area (Å²) >= 11 is 0. The van der Waals surface area contributed by atoms with Gasteiger partial charge in [-0.15, -0.1) is 0 Å². The second-order valence-corrected chi connectivity index (χ2v) is 4.61. The fraction of sp³-hybridized carbons (Fsp3) is 0.571. The van der Waals surface area contributed by atoms with E-state index < -0.39 is 0 Å². The van der Waals surface area contributed by atoms with Crippen LogP contribution in [0.4, 0.5) is 0 Å². The molecule has 1 unspecified atom stereocenters. The van der Waals surface area contributed by atoms with Crippen LogP contribution in [0.1, 0.15) is 25.3 Å². The van der Waals surface area contributed by atoms with Gasteiger partial charge >= 0.3 is 0 Å². The zero-order chi connectivity index (χ0) is 11.4. The van der Waals surface area contributed by atoms with Gasteiger partial charge in [0.2, 0.25) is 0 Å². The number of rotatable bonds is 6. The summed E-state index contributed by atoms with van der Waals surface area (Å²) in [5.41, 5.74) is 7.19. The molecule has 0 bridgehead atoms. The minimum absolute atomic E-state index is 0.679. The smallest absolute Gasteiger partial charge is 0.119 e. The Kier molecular flexibility index (Phi) is 3.83. The molecule has 1 aromatic rings. The summed E-state index contributed by atoms with van der Waals surface area (Å²) in [5, 5.41) is 0. The highest BCUT2D eigenvalue weighted by atomic mass is 16.5. The van der Waals surface area contributed by atoms with Crippen LogP contribution in [-0.2, 0) is 6.42 Å². The molecule has 0 amide bonds. The first-order chi connectivity index (χ1) is 7.83. The molecule has 1 fully saturated rings. The molecule has 0 aliphatic heterocycles.